The topological polar surface area (TPSA) is 20.2 Å². The van der Waals surface area contributed by atoms with E-state index in [9.17, 15) is 5.11 Å². The molecule has 1 heterocycles. The van der Waals surface area contributed by atoms with Crippen LogP contribution in [-0.2, 0) is 6.42 Å². The summed E-state index contributed by atoms with van der Waals surface area (Å²) in [6.07, 6.45) is 0.369. The maximum atomic E-state index is 10.4. The van der Waals surface area contributed by atoms with Crippen molar-refractivity contribution in [1.29, 1.82) is 0 Å². The first kappa shape index (κ1) is 14.5. The second-order valence-electron chi connectivity index (χ2n) is 4.95. The SMILES string of the molecule is OC(c1ccc(Cc2ccccc2)cc1)c1ccc(Br)s1. The molecule has 0 aliphatic carbocycles. The van der Waals surface area contributed by atoms with E-state index in [4.69, 9.17) is 0 Å². The Morgan fingerprint density at radius 3 is 2.14 bits per heavy atom. The Kier molecular flexibility index (Phi) is 4.54. The smallest absolute Gasteiger partial charge is 0.113 e. The lowest BCUT2D eigenvalue weighted by Gasteiger charge is -2.10. The molecule has 0 aliphatic heterocycles. The largest absolute Gasteiger partial charge is 0.383 e. The van der Waals surface area contributed by atoms with Crippen LogP contribution in [0.5, 0.6) is 0 Å². The van der Waals surface area contributed by atoms with Gasteiger partial charge in [-0.25, -0.2) is 0 Å². The van der Waals surface area contributed by atoms with Gasteiger partial charge in [0, 0.05) is 4.88 Å². The molecule has 3 rings (SSSR count). The molecular formula is C18H15BrOS. The first-order chi connectivity index (χ1) is 10.2. The number of hydrogen-bond acceptors (Lipinski definition) is 2. The molecule has 0 radical (unpaired) electrons. The molecule has 3 heteroatoms. The molecule has 0 spiro atoms. The second kappa shape index (κ2) is 6.56. The molecule has 1 N–H and O–H groups in total. The number of halogens is 1. The van der Waals surface area contributed by atoms with Gasteiger partial charge in [0.15, 0.2) is 0 Å². The fourth-order valence-electron chi connectivity index (χ4n) is 2.29. The minimum Gasteiger partial charge on any atom is -0.383 e. The molecule has 0 bridgehead atoms. The van der Waals surface area contributed by atoms with E-state index in [1.54, 1.807) is 11.3 Å². The molecule has 0 aliphatic rings. The molecule has 0 fully saturated rings. The molecule has 0 saturated heterocycles. The van der Waals surface area contributed by atoms with Crippen LogP contribution in [-0.4, -0.2) is 5.11 Å². The predicted molar refractivity (Wildman–Crippen MR) is 91.8 cm³/mol. The van der Waals surface area contributed by atoms with Gasteiger partial charge >= 0.3 is 0 Å². The van der Waals surface area contributed by atoms with Crippen molar-refractivity contribution in [3.63, 3.8) is 0 Å². The van der Waals surface area contributed by atoms with Gasteiger partial charge < -0.3 is 5.11 Å². The van der Waals surface area contributed by atoms with Crippen LogP contribution in [0, 0.1) is 0 Å². The van der Waals surface area contributed by atoms with Crippen molar-refractivity contribution in [3.8, 4) is 0 Å². The van der Waals surface area contributed by atoms with Gasteiger partial charge in [0.2, 0.25) is 0 Å². The zero-order valence-electron chi connectivity index (χ0n) is 11.4. The van der Waals surface area contributed by atoms with Crippen molar-refractivity contribution in [2.45, 2.75) is 12.5 Å². The molecule has 3 aromatic rings. The average molecular weight is 359 g/mol. The Morgan fingerprint density at radius 1 is 0.857 bits per heavy atom. The van der Waals surface area contributed by atoms with Crippen LogP contribution in [0.3, 0.4) is 0 Å². The van der Waals surface area contributed by atoms with Crippen molar-refractivity contribution in [1.82, 2.24) is 0 Å². The summed E-state index contributed by atoms with van der Waals surface area (Å²) in [7, 11) is 0. The van der Waals surface area contributed by atoms with Crippen molar-refractivity contribution in [2.24, 2.45) is 0 Å². The Morgan fingerprint density at radius 2 is 1.52 bits per heavy atom. The molecule has 1 aromatic heterocycles. The van der Waals surface area contributed by atoms with Gasteiger partial charge in [0.05, 0.1) is 3.79 Å². The van der Waals surface area contributed by atoms with Crippen LogP contribution in [0.25, 0.3) is 0 Å². The molecule has 2 aromatic carbocycles. The highest BCUT2D eigenvalue weighted by molar-refractivity contribution is 9.11. The van der Waals surface area contributed by atoms with Crippen LogP contribution < -0.4 is 0 Å². The Labute approximate surface area is 137 Å². The summed E-state index contributed by atoms with van der Waals surface area (Å²) >= 11 is 4.99. The van der Waals surface area contributed by atoms with Crippen molar-refractivity contribution in [3.05, 3.63) is 92.1 Å². The first-order valence-corrected chi connectivity index (χ1v) is 8.39. The van der Waals surface area contributed by atoms with Crippen molar-refractivity contribution < 1.29 is 5.11 Å². The third kappa shape index (κ3) is 3.62. The van der Waals surface area contributed by atoms with E-state index >= 15 is 0 Å². The highest BCUT2D eigenvalue weighted by atomic mass is 79.9. The minimum atomic E-state index is -0.549. The van der Waals surface area contributed by atoms with E-state index in [1.807, 2.05) is 30.3 Å². The summed E-state index contributed by atoms with van der Waals surface area (Å²) in [5, 5.41) is 10.4. The number of thiophene rings is 1. The summed E-state index contributed by atoms with van der Waals surface area (Å²) in [5.41, 5.74) is 3.48. The van der Waals surface area contributed by atoms with E-state index in [1.165, 1.54) is 11.1 Å². The van der Waals surface area contributed by atoms with Gasteiger partial charge in [-0.1, -0.05) is 54.6 Å². The molecule has 21 heavy (non-hydrogen) atoms. The molecule has 1 atom stereocenters. The van der Waals surface area contributed by atoms with Crippen molar-refractivity contribution >= 4 is 27.3 Å². The van der Waals surface area contributed by atoms with Crippen LogP contribution in [0.1, 0.15) is 27.7 Å². The maximum Gasteiger partial charge on any atom is 0.113 e. The molecule has 1 nitrogen and oxygen atoms in total. The first-order valence-electron chi connectivity index (χ1n) is 6.78. The standard InChI is InChI=1S/C18H15BrOS/c19-17-11-10-16(21-17)18(20)15-8-6-14(7-9-15)12-13-4-2-1-3-5-13/h1-11,18,20H,12H2. The monoisotopic (exact) mass is 358 g/mol. The maximum absolute atomic E-state index is 10.4. The van der Waals surface area contributed by atoms with Crippen LogP contribution in [0.2, 0.25) is 0 Å². The fourth-order valence-corrected chi connectivity index (χ4v) is 3.73. The molecule has 0 saturated carbocycles. The molecule has 106 valence electrons. The number of hydrogen-bond donors (Lipinski definition) is 1. The number of rotatable bonds is 4. The number of benzene rings is 2. The fraction of sp³-hybridized carbons (Fsp3) is 0.111. The summed E-state index contributed by atoms with van der Waals surface area (Å²) in [5.74, 6) is 0. The van der Waals surface area contributed by atoms with E-state index in [0.29, 0.717) is 0 Å². The normalized spacial score (nSPS) is 12.3. The van der Waals surface area contributed by atoms with Gasteiger partial charge in [-0.2, -0.15) is 0 Å². The van der Waals surface area contributed by atoms with Gasteiger partial charge in [-0.3, -0.25) is 0 Å². The summed E-state index contributed by atoms with van der Waals surface area (Å²) in [6, 6.07) is 22.5. The van der Waals surface area contributed by atoms with Gasteiger partial charge in [-0.05, 0) is 51.2 Å². The average Bonchev–Trinajstić information content (AvgIpc) is 2.95. The minimum absolute atomic E-state index is 0.549. The number of aliphatic hydroxyl groups is 1. The third-order valence-electron chi connectivity index (χ3n) is 3.41. The highest BCUT2D eigenvalue weighted by Crippen LogP contribution is 2.31. The molecular weight excluding hydrogens is 344 g/mol. The van der Waals surface area contributed by atoms with E-state index < -0.39 is 6.10 Å². The lowest BCUT2D eigenvalue weighted by Crippen LogP contribution is -1.97. The Balaban J connectivity index is 1.75. The van der Waals surface area contributed by atoms with Gasteiger partial charge in [0.1, 0.15) is 6.10 Å². The molecule has 1 unspecified atom stereocenters. The van der Waals surface area contributed by atoms with E-state index in [2.05, 4.69) is 52.3 Å². The van der Waals surface area contributed by atoms with E-state index in [-0.39, 0.29) is 0 Å². The van der Waals surface area contributed by atoms with Crippen LogP contribution >= 0.6 is 27.3 Å². The van der Waals surface area contributed by atoms with Gasteiger partial charge in [0.25, 0.3) is 0 Å². The summed E-state index contributed by atoms with van der Waals surface area (Å²) in [4.78, 5) is 0.956. The Bertz CT molecular complexity index is 704. The summed E-state index contributed by atoms with van der Waals surface area (Å²) < 4.78 is 1.04. The van der Waals surface area contributed by atoms with E-state index in [0.717, 1.165) is 20.6 Å². The predicted octanol–water partition coefficient (Wildman–Crippen LogP) is 5.18. The highest BCUT2D eigenvalue weighted by Gasteiger charge is 2.12. The second-order valence-corrected chi connectivity index (χ2v) is 7.44. The lowest BCUT2D eigenvalue weighted by molar-refractivity contribution is 0.224. The third-order valence-corrected chi connectivity index (χ3v) is 5.09. The molecule has 0 amide bonds. The Hall–Kier alpha value is -1.42. The van der Waals surface area contributed by atoms with Crippen molar-refractivity contribution in [2.75, 3.05) is 0 Å². The number of aliphatic hydroxyl groups excluding tert-OH is 1. The summed E-state index contributed by atoms with van der Waals surface area (Å²) in [6.45, 7) is 0. The zero-order valence-corrected chi connectivity index (χ0v) is 13.8. The quantitative estimate of drug-likeness (QED) is 0.680. The zero-order chi connectivity index (χ0) is 14.7. The van der Waals surface area contributed by atoms with Gasteiger partial charge in [-0.15, -0.1) is 11.3 Å². The van der Waals surface area contributed by atoms with Crippen LogP contribution in [0.4, 0.5) is 0 Å². The lowest BCUT2D eigenvalue weighted by atomic mass is 10.0. The van der Waals surface area contributed by atoms with Crippen LogP contribution in [0.15, 0.2) is 70.5 Å².